The molecule has 3 aromatic carbocycles. The number of aromatic nitrogens is 1. The van der Waals surface area contributed by atoms with Crippen molar-refractivity contribution >= 4 is 57.3 Å². The van der Waals surface area contributed by atoms with E-state index in [9.17, 15) is 4.79 Å². The van der Waals surface area contributed by atoms with Crippen molar-refractivity contribution in [2.45, 2.75) is 6.92 Å². The van der Waals surface area contributed by atoms with Crippen LogP contribution in [0.1, 0.15) is 15.9 Å². The summed E-state index contributed by atoms with van der Waals surface area (Å²) in [5.74, 6) is -0.246. The molecule has 4 rings (SSSR count). The first-order valence-electron chi connectivity index (χ1n) is 8.85. The van der Waals surface area contributed by atoms with E-state index < -0.39 is 0 Å². The summed E-state index contributed by atoms with van der Waals surface area (Å²) in [4.78, 5) is 17.8. The van der Waals surface area contributed by atoms with Crippen LogP contribution in [0.4, 0.5) is 5.69 Å². The zero-order chi connectivity index (χ0) is 20.5. The predicted molar refractivity (Wildman–Crippen MR) is 121 cm³/mol. The number of hydrogen-bond acceptors (Lipinski definition) is 2. The van der Waals surface area contributed by atoms with E-state index in [1.54, 1.807) is 24.3 Å². The van der Waals surface area contributed by atoms with Crippen LogP contribution in [0.5, 0.6) is 0 Å². The van der Waals surface area contributed by atoms with Crippen molar-refractivity contribution in [3.63, 3.8) is 0 Å². The van der Waals surface area contributed by atoms with E-state index in [1.165, 1.54) is 0 Å². The number of amides is 1. The van der Waals surface area contributed by atoms with Crippen LogP contribution in [0.2, 0.25) is 15.1 Å². The monoisotopic (exact) mass is 440 g/mol. The van der Waals surface area contributed by atoms with Crippen molar-refractivity contribution in [2.75, 3.05) is 5.32 Å². The Morgan fingerprint density at radius 2 is 1.66 bits per heavy atom. The second kappa shape index (κ2) is 8.03. The highest BCUT2D eigenvalue weighted by Gasteiger charge is 2.15. The molecule has 1 N–H and O–H groups in total. The first-order chi connectivity index (χ1) is 13.9. The molecule has 0 saturated heterocycles. The average molecular weight is 442 g/mol. The molecule has 0 spiro atoms. The Morgan fingerprint density at radius 3 is 2.41 bits per heavy atom. The Balaban J connectivity index is 1.80. The summed E-state index contributed by atoms with van der Waals surface area (Å²) >= 11 is 18.4. The number of anilines is 1. The van der Waals surface area contributed by atoms with Crippen molar-refractivity contribution in [2.24, 2.45) is 0 Å². The Bertz CT molecular complexity index is 1250. The molecular weight excluding hydrogens is 427 g/mol. The van der Waals surface area contributed by atoms with Crippen molar-refractivity contribution in [1.82, 2.24) is 4.98 Å². The highest BCUT2D eigenvalue weighted by Crippen LogP contribution is 2.30. The number of nitrogens with one attached hydrogen (secondary N) is 1. The van der Waals surface area contributed by atoms with Gasteiger partial charge in [-0.25, -0.2) is 4.98 Å². The number of carbonyl (C=O) groups excluding carboxylic acids is 1. The third-order valence-electron chi connectivity index (χ3n) is 4.61. The first kappa shape index (κ1) is 19.7. The normalized spacial score (nSPS) is 10.9. The van der Waals surface area contributed by atoms with Gasteiger partial charge in [-0.05, 0) is 48.9 Å². The molecule has 0 aliphatic heterocycles. The second-order valence-electron chi connectivity index (χ2n) is 6.62. The van der Waals surface area contributed by atoms with E-state index in [0.29, 0.717) is 37.5 Å². The van der Waals surface area contributed by atoms with Gasteiger partial charge in [0.05, 0.1) is 26.8 Å². The van der Waals surface area contributed by atoms with Crippen LogP contribution in [-0.2, 0) is 0 Å². The van der Waals surface area contributed by atoms with Crippen LogP contribution in [0.25, 0.3) is 22.2 Å². The molecule has 6 heteroatoms. The quantitative estimate of drug-likeness (QED) is 0.359. The van der Waals surface area contributed by atoms with Gasteiger partial charge in [-0.1, -0.05) is 65.1 Å². The van der Waals surface area contributed by atoms with Gasteiger partial charge >= 0.3 is 0 Å². The minimum atomic E-state index is -0.246. The largest absolute Gasteiger partial charge is 0.322 e. The molecule has 1 heterocycles. The van der Waals surface area contributed by atoms with Crippen LogP contribution in [0.3, 0.4) is 0 Å². The van der Waals surface area contributed by atoms with E-state index in [-0.39, 0.29) is 5.91 Å². The summed E-state index contributed by atoms with van der Waals surface area (Å²) in [5.41, 5.74) is 4.20. The molecular formula is C23H15Cl3N2O. The number of fused-ring (bicyclic) bond motifs is 1. The van der Waals surface area contributed by atoms with Crippen molar-refractivity contribution in [1.29, 1.82) is 0 Å². The van der Waals surface area contributed by atoms with Crippen LogP contribution >= 0.6 is 34.8 Å². The highest BCUT2D eigenvalue weighted by atomic mass is 35.5. The lowest BCUT2D eigenvalue weighted by atomic mass is 10.0. The van der Waals surface area contributed by atoms with Gasteiger partial charge in [0, 0.05) is 21.7 Å². The van der Waals surface area contributed by atoms with Crippen LogP contribution in [0.15, 0.2) is 66.7 Å². The zero-order valence-electron chi connectivity index (χ0n) is 15.3. The highest BCUT2D eigenvalue weighted by molar-refractivity contribution is 6.42. The molecule has 0 aliphatic carbocycles. The van der Waals surface area contributed by atoms with Crippen LogP contribution in [0, 0.1) is 6.92 Å². The summed E-state index contributed by atoms with van der Waals surface area (Å²) in [6.07, 6.45) is 0. The summed E-state index contributed by atoms with van der Waals surface area (Å²) in [7, 11) is 0. The summed E-state index contributed by atoms with van der Waals surface area (Å²) < 4.78 is 0. The van der Waals surface area contributed by atoms with Crippen molar-refractivity contribution in [3.8, 4) is 11.3 Å². The smallest absolute Gasteiger partial charge is 0.256 e. The minimum Gasteiger partial charge on any atom is -0.322 e. The number of hydrogen-bond donors (Lipinski definition) is 1. The molecule has 0 fully saturated rings. The maximum Gasteiger partial charge on any atom is 0.256 e. The number of rotatable bonds is 3. The molecule has 144 valence electrons. The molecule has 0 atom stereocenters. The number of halogens is 3. The molecule has 1 aromatic heterocycles. The molecule has 0 unspecified atom stereocenters. The molecule has 0 saturated carbocycles. The SMILES string of the molecule is Cc1ccc(NC(=O)c2cc(-c3ccc(Cl)c(Cl)c3)nc3ccccc23)cc1Cl. The Kier molecular flexibility index (Phi) is 5.46. The fourth-order valence-corrected chi connectivity index (χ4v) is 3.51. The molecule has 0 bridgehead atoms. The third-order valence-corrected chi connectivity index (χ3v) is 5.75. The lowest BCUT2D eigenvalue weighted by Crippen LogP contribution is -2.13. The second-order valence-corrected chi connectivity index (χ2v) is 7.84. The van der Waals surface area contributed by atoms with Gasteiger partial charge < -0.3 is 5.32 Å². The molecule has 0 aliphatic rings. The van der Waals surface area contributed by atoms with E-state index in [1.807, 2.05) is 49.4 Å². The van der Waals surface area contributed by atoms with Crippen molar-refractivity contribution in [3.05, 3.63) is 92.9 Å². The van der Waals surface area contributed by atoms with Gasteiger partial charge in [0.15, 0.2) is 0 Å². The lowest BCUT2D eigenvalue weighted by molar-refractivity contribution is 0.102. The van der Waals surface area contributed by atoms with Gasteiger partial charge in [0.25, 0.3) is 5.91 Å². The number of carbonyl (C=O) groups is 1. The van der Waals surface area contributed by atoms with E-state index in [4.69, 9.17) is 34.8 Å². The van der Waals surface area contributed by atoms with Gasteiger partial charge in [-0.2, -0.15) is 0 Å². The number of para-hydroxylation sites is 1. The van der Waals surface area contributed by atoms with Crippen LogP contribution < -0.4 is 5.32 Å². The fourth-order valence-electron chi connectivity index (χ4n) is 3.04. The summed E-state index contributed by atoms with van der Waals surface area (Å²) in [6, 6.07) is 20.0. The third kappa shape index (κ3) is 4.08. The molecule has 0 radical (unpaired) electrons. The number of pyridine rings is 1. The zero-order valence-corrected chi connectivity index (χ0v) is 17.6. The van der Waals surface area contributed by atoms with Gasteiger partial charge in [-0.15, -0.1) is 0 Å². The van der Waals surface area contributed by atoms with Crippen LogP contribution in [-0.4, -0.2) is 10.9 Å². The Morgan fingerprint density at radius 1 is 0.862 bits per heavy atom. The summed E-state index contributed by atoms with van der Waals surface area (Å²) in [5, 5.41) is 5.17. The lowest BCUT2D eigenvalue weighted by Gasteiger charge is -2.12. The van der Waals surface area contributed by atoms with Crippen molar-refractivity contribution < 1.29 is 4.79 Å². The Labute approximate surface area is 183 Å². The topological polar surface area (TPSA) is 42.0 Å². The maximum absolute atomic E-state index is 13.1. The summed E-state index contributed by atoms with van der Waals surface area (Å²) in [6.45, 7) is 1.91. The number of benzene rings is 3. The van der Waals surface area contributed by atoms with Gasteiger partial charge in [0.2, 0.25) is 0 Å². The van der Waals surface area contributed by atoms with Gasteiger partial charge in [0.1, 0.15) is 0 Å². The number of nitrogens with zero attached hydrogens (tertiary/aromatic N) is 1. The molecule has 4 aromatic rings. The predicted octanol–water partition coefficient (Wildman–Crippen LogP) is 7.42. The average Bonchev–Trinajstić information content (AvgIpc) is 2.72. The van der Waals surface area contributed by atoms with Gasteiger partial charge in [-0.3, -0.25) is 4.79 Å². The maximum atomic E-state index is 13.1. The molecule has 3 nitrogen and oxygen atoms in total. The van der Waals surface area contributed by atoms with E-state index >= 15 is 0 Å². The Hall–Kier alpha value is -2.59. The first-order valence-corrected chi connectivity index (χ1v) is 9.98. The van der Waals surface area contributed by atoms with E-state index in [2.05, 4.69) is 10.3 Å². The standard InChI is InChI=1S/C23H15Cl3N2O/c1-13-6-8-15(11-19(13)25)27-23(29)17-12-22(14-7-9-18(24)20(26)10-14)28-21-5-3-2-4-16(17)21/h2-12H,1H3,(H,27,29). The molecule has 29 heavy (non-hydrogen) atoms. The number of aryl methyl sites for hydroxylation is 1. The molecule has 1 amide bonds. The fraction of sp³-hybridized carbons (Fsp3) is 0.0435. The van der Waals surface area contributed by atoms with E-state index in [0.717, 1.165) is 16.5 Å². The minimum absolute atomic E-state index is 0.246.